The first-order chi connectivity index (χ1) is 11.5. The van der Waals surface area contributed by atoms with E-state index in [2.05, 4.69) is 10.6 Å². The zero-order valence-corrected chi connectivity index (χ0v) is 13.4. The molecule has 0 spiro atoms. The summed E-state index contributed by atoms with van der Waals surface area (Å²) in [7, 11) is 0. The SMILES string of the molecule is CC(CC(O)c1ccco1)NC(=O)c1ccc2c(c1)CCC(=O)N2. The van der Waals surface area contributed by atoms with Gasteiger partial charge in [0.1, 0.15) is 11.9 Å². The number of amides is 2. The number of hydrogen-bond acceptors (Lipinski definition) is 4. The van der Waals surface area contributed by atoms with Crippen LogP contribution in [0, 0.1) is 0 Å². The second kappa shape index (κ2) is 6.88. The number of aliphatic hydroxyl groups excluding tert-OH is 1. The van der Waals surface area contributed by atoms with Gasteiger partial charge in [0.15, 0.2) is 0 Å². The molecule has 126 valence electrons. The highest BCUT2D eigenvalue weighted by Gasteiger charge is 2.19. The molecule has 3 N–H and O–H groups in total. The normalized spacial score (nSPS) is 16.0. The molecule has 2 heterocycles. The van der Waals surface area contributed by atoms with Crippen molar-refractivity contribution in [2.75, 3.05) is 5.32 Å². The molecule has 1 aromatic heterocycles. The molecule has 0 bridgehead atoms. The fourth-order valence-corrected chi connectivity index (χ4v) is 2.82. The lowest BCUT2D eigenvalue weighted by molar-refractivity contribution is -0.116. The van der Waals surface area contributed by atoms with Gasteiger partial charge in [0, 0.05) is 30.1 Å². The molecule has 2 aromatic rings. The van der Waals surface area contributed by atoms with E-state index in [0.29, 0.717) is 30.6 Å². The Morgan fingerprint density at radius 3 is 2.96 bits per heavy atom. The predicted molar refractivity (Wildman–Crippen MR) is 88.6 cm³/mol. The van der Waals surface area contributed by atoms with E-state index < -0.39 is 6.10 Å². The largest absolute Gasteiger partial charge is 0.467 e. The number of furan rings is 1. The number of rotatable bonds is 5. The second-order valence-corrected chi connectivity index (χ2v) is 6.06. The molecular formula is C18H20N2O4. The minimum atomic E-state index is -0.756. The summed E-state index contributed by atoms with van der Waals surface area (Å²) in [6.07, 6.45) is 2.18. The molecule has 6 nitrogen and oxygen atoms in total. The number of carbonyl (C=O) groups is 2. The number of carbonyl (C=O) groups excluding carboxylic acids is 2. The number of fused-ring (bicyclic) bond motifs is 1. The maximum absolute atomic E-state index is 12.4. The molecular weight excluding hydrogens is 308 g/mol. The zero-order chi connectivity index (χ0) is 17.1. The molecule has 0 radical (unpaired) electrons. The Morgan fingerprint density at radius 2 is 2.21 bits per heavy atom. The maximum atomic E-state index is 12.4. The van der Waals surface area contributed by atoms with E-state index >= 15 is 0 Å². The summed E-state index contributed by atoms with van der Waals surface area (Å²) in [6.45, 7) is 1.84. The van der Waals surface area contributed by atoms with Crippen LogP contribution in [0.2, 0.25) is 0 Å². The molecule has 0 fully saturated rings. The summed E-state index contributed by atoms with van der Waals surface area (Å²) < 4.78 is 5.16. The van der Waals surface area contributed by atoms with E-state index in [1.165, 1.54) is 6.26 Å². The van der Waals surface area contributed by atoms with Gasteiger partial charge >= 0.3 is 0 Å². The molecule has 0 saturated heterocycles. The average Bonchev–Trinajstić information content (AvgIpc) is 3.08. The van der Waals surface area contributed by atoms with Gasteiger partial charge in [0.25, 0.3) is 5.91 Å². The highest BCUT2D eigenvalue weighted by molar-refractivity contribution is 5.98. The Balaban J connectivity index is 1.61. The van der Waals surface area contributed by atoms with Gasteiger partial charge < -0.3 is 20.2 Å². The van der Waals surface area contributed by atoms with Gasteiger partial charge in [-0.2, -0.15) is 0 Å². The third-order valence-corrected chi connectivity index (χ3v) is 4.09. The van der Waals surface area contributed by atoms with Gasteiger partial charge in [-0.15, -0.1) is 0 Å². The Labute approximate surface area is 139 Å². The van der Waals surface area contributed by atoms with Crippen LogP contribution in [0.4, 0.5) is 5.69 Å². The zero-order valence-electron chi connectivity index (χ0n) is 13.4. The van der Waals surface area contributed by atoms with Crippen LogP contribution in [-0.4, -0.2) is 23.0 Å². The lowest BCUT2D eigenvalue weighted by Crippen LogP contribution is -2.34. The lowest BCUT2D eigenvalue weighted by Gasteiger charge is -2.19. The van der Waals surface area contributed by atoms with Crippen molar-refractivity contribution >= 4 is 17.5 Å². The van der Waals surface area contributed by atoms with E-state index in [1.54, 1.807) is 30.3 Å². The van der Waals surface area contributed by atoms with Crippen LogP contribution in [0.3, 0.4) is 0 Å². The third-order valence-electron chi connectivity index (χ3n) is 4.09. The third kappa shape index (κ3) is 3.65. The summed E-state index contributed by atoms with van der Waals surface area (Å²) in [5.74, 6) is 0.287. The standard InChI is InChI=1S/C18H20N2O4/c1-11(9-15(21)16-3-2-8-24-16)19-18(23)13-4-6-14-12(10-13)5-7-17(22)20-14/h2-4,6,8,10-11,15,21H,5,7,9H2,1H3,(H,19,23)(H,20,22). The number of anilines is 1. The van der Waals surface area contributed by atoms with Crippen molar-refractivity contribution in [3.05, 3.63) is 53.5 Å². The summed E-state index contributed by atoms with van der Waals surface area (Å²) in [6, 6.07) is 8.46. The number of benzene rings is 1. The van der Waals surface area contributed by atoms with E-state index in [1.807, 2.05) is 6.92 Å². The van der Waals surface area contributed by atoms with E-state index in [9.17, 15) is 14.7 Å². The Kier molecular flexibility index (Phi) is 4.66. The fraction of sp³-hybridized carbons (Fsp3) is 0.333. The van der Waals surface area contributed by atoms with Crippen molar-refractivity contribution in [1.29, 1.82) is 0 Å². The minimum Gasteiger partial charge on any atom is -0.467 e. The van der Waals surface area contributed by atoms with Gasteiger partial charge in [0.05, 0.1) is 6.26 Å². The van der Waals surface area contributed by atoms with Crippen LogP contribution in [-0.2, 0) is 11.2 Å². The van der Waals surface area contributed by atoms with Crippen LogP contribution < -0.4 is 10.6 Å². The lowest BCUT2D eigenvalue weighted by atomic mass is 10.00. The minimum absolute atomic E-state index is 0.000220. The Hall–Kier alpha value is -2.60. The van der Waals surface area contributed by atoms with Gasteiger partial charge in [-0.1, -0.05) is 0 Å². The van der Waals surface area contributed by atoms with Crippen LogP contribution in [0.25, 0.3) is 0 Å². The first kappa shape index (κ1) is 16.3. The van der Waals surface area contributed by atoms with Gasteiger partial charge in [-0.05, 0) is 49.2 Å². The molecule has 0 saturated carbocycles. The van der Waals surface area contributed by atoms with Crippen molar-refractivity contribution in [2.45, 2.75) is 38.3 Å². The highest BCUT2D eigenvalue weighted by atomic mass is 16.4. The van der Waals surface area contributed by atoms with E-state index in [0.717, 1.165) is 11.3 Å². The number of aryl methyl sites for hydroxylation is 1. The average molecular weight is 328 g/mol. The number of hydrogen-bond donors (Lipinski definition) is 3. The van der Waals surface area contributed by atoms with E-state index in [-0.39, 0.29) is 17.9 Å². The smallest absolute Gasteiger partial charge is 0.251 e. The molecule has 2 unspecified atom stereocenters. The van der Waals surface area contributed by atoms with Crippen LogP contribution >= 0.6 is 0 Å². The van der Waals surface area contributed by atoms with Crippen LogP contribution in [0.1, 0.15) is 47.6 Å². The summed E-state index contributed by atoms with van der Waals surface area (Å²) in [5, 5.41) is 15.7. The van der Waals surface area contributed by atoms with E-state index in [4.69, 9.17) is 4.42 Å². The monoisotopic (exact) mass is 328 g/mol. The highest BCUT2D eigenvalue weighted by Crippen LogP contribution is 2.24. The molecule has 1 aliphatic heterocycles. The second-order valence-electron chi connectivity index (χ2n) is 6.06. The fourth-order valence-electron chi connectivity index (χ4n) is 2.82. The molecule has 0 aliphatic carbocycles. The summed E-state index contributed by atoms with van der Waals surface area (Å²) in [5.41, 5.74) is 2.28. The van der Waals surface area contributed by atoms with Crippen LogP contribution in [0.5, 0.6) is 0 Å². The van der Waals surface area contributed by atoms with Crippen molar-refractivity contribution in [3.8, 4) is 0 Å². The molecule has 3 rings (SSSR count). The molecule has 2 atom stereocenters. The topological polar surface area (TPSA) is 91.6 Å². The number of nitrogens with one attached hydrogen (secondary N) is 2. The van der Waals surface area contributed by atoms with Crippen molar-refractivity contribution in [1.82, 2.24) is 5.32 Å². The first-order valence-corrected chi connectivity index (χ1v) is 7.98. The number of aliphatic hydroxyl groups is 1. The molecule has 2 amide bonds. The summed E-state index contributed by atoms with van der Waals surface area (Å²) >= 11 is 0. The maximum Gasteiger partial charge on any atom is 0.251 e. The molecule has 24 heavy (non-hydrogen) atoms. The van der Waals surface area contributed by atoms with Crippen molar-refractivity contribution in [3.63, 3.8) is 0 Å². The summed E-state index contributed by atoms with van der Waals surface area (Å²) in [4.78, 5) is 23.7. The molecule has 1 aliphatic rings. The van der Waals surface area contributed by atoms with Gasteiger partial charge in [-0.25, -0.2) is 0 Å². The predicted octanol–water partition coefficient (Wildman–Crippen LogP) is 2.41. The Bertz CT molecular complexity index is 739. The molecule has 1 aromatic carbocycles. The van der Waals surface area contributed by atoms with Gasteiger partial charge in [-0.3, -0.25) is 9.59 Å². The van der Waals surface area contributed by atoms with Crippen molar-refractivity contribution in [2.24, 2.45) is 0 Å². The molecule has 6 heteroatoms. The van der Waals surface area contributed by atoms with Gasteiger partial charge in [0.2, 0.25) is 5.91 Å². The van der Waals surface area contributed by atoms with Crippen LogP contribution in [0.15, 0.2) is 41.0 Å². The van der Waals surface area contributed by atoms with Crippen molar-refractivity contribution < 1.29 is 19.1 Å². The first-order valence-electron chi connectivity index (χ1n) is 7.98. The quantitative estimate of drug-likeness (QED) is 0.786. The Morgan fingerprint density at radius 1 is 1.38 bits per heavy atom.